The number of nitriles is 1. The Bertz CT molecular complexity index is 736. The Labute approximate surface area is 130 Å². The Morgan fingerprint density at radius 2 is 1.77 bits per heavy atom. The van der Waals surface area contributed by atoms with Crippen LogP contribution in [-0.4, -0.2) is 5.78 Å². The van der Waals surface area contributed by atoms with Crippen LogP contribution in [0.25, 0.3) is 6.08 Å². The first-order valence-corrected chi connectivity index (χ1v) is 7.58. The number of carbonyl (C=O) groups is 1. The van der Waals surface area contributed by atoms with Crippen LogP contribution in [0, 0.1) is 11.3 Å². The fourth-order valence-electron chi connectivity index (χ4n) is 2.98. The van der Waals surface area contributed by atoms with Gasteiger partial charge in [-0.1, -0.05) is 42.5 Å². The van der Waals surface area contributed by atoms with Gasteiger partial charge in [-0.15, -0.1) is 0 Å². The fourth-order valence-corrected chi connectivity index (χ4v) is 2.98. The number of carbonyl (C=O) groups excluding carboxylic acids is 1. The van der Waals surface area contributed by atoms with Gasteiger partial charge in [0, 0.05) is 5.92 Å². The van der Waals surface area contributed by atoms with Crippen LogP contribution in [0.5, 0.6) is 0 Å². The van der Waals surface area contributed by atoms with Crippen molar-refractivity contribution in [2.24, 2.45) is 0 Å². The maximum absolute atomic E-state index is 12.7. The molecule has 0 N–H and O–H groups in total. The van der Waals surface area contributed by atoms with Gasteiger partial charge in [-0.25, -0.2) is 0 Å². The van der Waals surface area contributed by atoms with Crippen LogP contribution < -0.4 is 0 Å². The van der Waals surface area contributed by atoms with Crippen LogP contribution in [0.2, 0.25) is 0 Å². The van der Waals surface area contributed by atoms with Crippen molar-refractivity contribution in [2.75, 3.05) is 0 Å². The van der Waals surface area contributed by atoms with Crippen molar-refractivity contribution in [2.45, 2.75) is 25.2 Å². The summed E-state index contributed by atoms with van der Waals surface area (Å²) in [6, 6.07) is 19.5. The maximum atomic E-state index is 12.7. The van der Waals surface area contributed by atoms with Crippen molar-refractivity contribution in [1.82, 2.24) is 0 Å². The Morgan fingerprint density at radius 1 is 1.05 bits per heavy atom. The van der Waals surface area contributed by atoms with Crippen molar-refractivity contribution in [1.29, 1.82) is 5.26 Å². The highest BCUT2D eigenvalue weighted by Crippen LogP contribution is 2.33. The van der Waals surface area contributed by atoms with E-state index in [0.29, 0.717) is 5.56 Å². The summed E-state index contributed by atoms with van der Waals surface area (Å²) in [5.41, 5.74) is 3.62. The molecule has 0 amide bonds. The number of hydrogen-bond acceptors (Lipinski definition) is 2. The van der Waals surface area contributed by atoms with Gasteiger partial charge in [0.2, 0.25) is 0 Å². The van der Waals surface area contributed by atoms with Crippen LogP contribution in [0.4, 0.5) is 0 Å². The molecule has 22 heavy (non-hydrogen) atoms. The van der Waals surface area contributed by atoms with Crippen LogP contribution in [0.1, 0.15) is 41.9 Å². The largest absolute Gasteiger partial charge is 0.294 e. The summed E-state index contributed by atoms with van der Waals surface area (Å²) in [5.74, 6) is 0.224. The first-order chi connectivity index (χ1) is 10.8. The van der Waals surface area contributed by atoms with Crippen molar-refractivity contribution < 1.29 is 4.79 Å². The van der Waals surface area contributed by atoms with Crippen molar-refractivity contribution in [3.05, 3.63) is 76.9 Å². The molecule has 1 atom stereocenters. The lowest BCUT2D eigenvalue weighted by molar-refractivity contribution is -0.117. The molecular formula is C20H17NO. The van der Waals surface area contributed by atoms with E-state index >= 15 is 0 Å². The van der Waals surface area contributed by atoms with Crippen molar-refractivity contribution >= 4 is 11.9 Å². The molecule has 0 aliphatic heterocycles. The van der Waals surface area contributed by atoms with Gasteiger partial charge in [0.25, 0.3) is 0 Å². The van der Waals surface area contributed by atoms with E-state index in [1.54, 1.807) is 12.1 Å². The van der Waals surface area contributed by atoms with E-state index < -0.39 is 0 Å². The molecule has 108 valence electrons. The Hall–Kier alpha value is -2.66. The summed E-state index contributed by atoms with van der Waals surface area (Å²) in [6.07, 6.45) is 4.77. The number of ketones is 1. The van der Waals surface area contributed by atoms with Crippen LogP contribution in [-0.2, 0) is 4.79 Å². The molecule has 2 nitrogen and oxygen atoms in total. The molecule has 1 aliphatic carbocycles. The third-order valence-corrected chi connectivity index (χ3v) is 4.15. The number of rotatable bonds is 2. The third-order valence-electron chi connectivity index (χ3n) is 4.15. The normalized spacial score (nSPS) is 19.9. The minimum Gasteiger partial charge on any atom is -0.294 e. The molecule has 0 spiro atoms. The van der Waals surface area contributed by atoms with Gasteiger partial charge >= 0.3 is 0 Å². The number of nitrogens with zero attached hydrogens (tertiary/aromatic N) is 1. The van der Waals surface area contributed by atoms with E-state index in [-0.39, 0.29) is 11.7 Å². The Morgan fingerprint density at radius 3 is 2.45 bits per heavy atom. The summed E-state index contributed by atoms with van der Waals surface area (Å²) in [6.45, 7) is 0. The van der Waals surface area contributed by atoms with Gasteiger partial charge in [0.05, 0.1) is 11.6 Å². The van der Waals surface area contributed by atoms with E-state index in [4.69, 9.17) is 5.26 Å². The van der Waals surface area contributed by atoms with E-state index in [0.717, 1.165) is 36.0 Å². The van der Waals surface area contributed by atoms with E-state index in [2.05, 4.69) is 6.07 Å². The Balaban J connectivity index is 1.86. The lowest BCUT2D eigenvalue weighted by Gasteiger charge is -2.23. The topological polar surface area (TPSA) is 40.9 Å². The van der Waals surface area contributed by atoms with E-state index in [1.165, 1.54) is 0 Å². The lowest BCUT2D eigenvalue weighted by Crippen LogP contribution is -2.19. The fraction of sp³-hybridized carbons (Fsp3) is 0.200. The molecule has 1 fully saturated rings. The van der Waals surface area contributed by atoms with Gasteiger partial charge < -0.3 is 0 Å². The van der Waals surface area contributed by atoms with Crippen molar-refractivity contribution in [3.8, 4) is 6.07 Å². The monoisotopic (exact) mass is 287 g/mol. The lowest BCUT2D eigenvalue weighted by atomic mass is 9.79. The van der Waals surface area contributed by atoms with Gasteiger partial charge in [-0.3, -0.25) is 4.79 Å². The molecule has 0 unspecified atom stereocenters. The predicted octanol–water partition coefficient (Wildman–Crippen LogP) is 4.48. The van der Waals surface area contributed by atoms with Gasteiger partial charge in [0.15, 0.2) is 5.78 Å². The second-order valence-electron chi connectivity index (χ2n) is 5.62. The quantitative estimate of drug-likeness (QED) is 0.764. The summed E-state index contributed by atoms with van der Waals surface area (Å²) in [4.78, 5) is 12.7. The van der Waals surface area contributed by atoms with E-state index in [9.17, 15) is 4.79 Å². The molecule has 0 aromatic heterocycles. The average Bonchev–Trinajstić information content (AvgIpc) is 2.58. The smallest absolute Gasteiger partial charge is 0.166 e. The summed E-state index contributed by atoms with van der Waals surface area (Å²) in [7, 11) is 0. The van der Waals surface area contributed by atoms with Gasteiger partial charge in [-0.2, -0.15) is 5.26 Å². The zero-order valence-electron chi connectivity index (χ0n) is 12.3. The average molecular weight is 287 g/mol. The van der Waals surface area contributed by atoms with E-state index in [1.807, 2.05) is 48.5 Å². The molecule has 0 bridgehead atoms. The highest BCUT2D eigenvalue weighted by molar-refractivity contribution is 6.04. The SMILES string of the molecule is N#Cc1ccc(/C=C2\CCC[C@@H](c3ccccc3)C2=O)cc1. The maximum Gasteiger partial charge on any atom is 0.166 e. The molecule has 0 radical (unpaired) electrons. The summed E-state index contributed by atoms with van der Waals surface area (Å²) >= 11 is 0. The van der Waals surface area contributed by atoms with Gasteiger partial charge in [-0.05, 0) is 54.2 Å². The molecule has 0 saturated heterocycles. The number of Topliss-reactive ketones (excluding diaryl/α,β-unsaturated/α-hetero) is 1. The highest BCUT2D eigenvalue weighted by Gasteiger charge is 2.27. The number of benzene rings is 2. The number of hydrogen-bond donors (Lipinski definition) is 0. The second kappa shape index (κ2) is 6.41. The molecule has 2 aromatic rings. The molecular weight excluding hydrogens is 270 g/mol. The van der Waals surface area contributed by atoms with Crippen LogP contribution in [0.3, 0.4) is 0 Å². The zero-order valence-corrected chi connectivity index (χ0v) is 12.3. The van der Waals surface area contributed by atoms with Crippen molar-refractivity contribution in [3.63, 3.8) is 0 Å². The molecule has 2 heteroatoms. The third kappa shape index (κ3) is 2.99. The Kier molecular flexibility index (Phi) is 4.16. The summed E-state index contributed by atoms with van der Waals surface area (Å²) in [5, 5.41) is 8.83. The standard InChI is InChI=1S/C20H17NO/c21-14-16-11-9-15(10-12-16)13-18-7-4-8-19(20(18)22)17-5-2-1-3-6-17/h1-3,5-6,9-13,19H,4,7-8H2/b18-13+/t19-/m0/s1. The summed E-state index contributed by atoms with van der Waals surface area (Å²) < 4.78 is 0. The second-order valence-corrected chi connectivity index (χ2v) is 5.62. The highest BCUT2D eigenvalue weighted by atomic mass is 16.1. The van der Waals surface area contributed by atoms with Gasteiger partial charge in [0.1, 0.15) is 0 Å². The first-order valence-electron chi connectivity index (χ1n) is 7.58. The van der Waals surface area contributed by atoms with Crippen LogP contribution in [0.15, 0.2) is 60.2 Å². The molecule has 0 heterocycles. The minimum atomic E-state index is -0.0143. The molecule has 1 aliphatic rings. The molecule has 2 aromatic carbocycles. The predicted molar refractivity (Wildman–Crippen MR) is 87.2 cm³/mol. The first kappa shape index (κ1) is 14.3. The minimum absolute atomic E-state index is 0.0143. The molecule has 1 saturated carbocycles. The zero-order chi connectivity index (χ0) is 15.4. The molecule has 3 rings (SSSR count). The number of allylic oxidation sites excluding steroid dienone is 1. The van der Waals surface area contributed by atoms with Crippen LogP contribution >= 0.6 is 0 Å².